The first-order valence-corrected chi connectivity index (χ1v) is 6.29. The maximum atomic E-state index is 13.6. The first kappa shape index (κ1) is 12.5. The quantitative estimate of drug-likeness (QED) is 0.779. The molecule has 94 valence electrons. The van der Waals surface area contributed by atoms with E-state index < -0.39 is 11.6 Å². The molecule has 1 aliphatic rings. The van der Waals surface area contributed by atoms with Gasteiger partial charge in [-0.15, -0.1) is 0 Å². The molecule has 0 unspecified atom stereocenters. The van der Waals surface area contributed by atoms with Crippen LogP contribution in [0.1, 0.15) is 32.3 Å². The second-order valence-electron chi connectivity index (χ2n) is 4.95. The SMILES string of the molecule is CC[C@H]1[C@H](C)CCN1Cc1ccc(F)cc1F. The molecule has 1 fully saturated rings. The molecule has 1 aliphatic heterocycles. The highest BCUT2D eigenvalue weighted by molar-refractivity contribution is 5.18. The van der Waals surface area contributed by atoms with Gasteiger partial charge >= 0.3 is 0 Å². The van der Waals surface area contributed by atoms with E-state index >= 15 is 0 Å². The lowest BCUT2D eigenvalue weighted by Gasteiger charge is -2.25. The summed E-state index contributed by atoms with van der Waals surface area (Å²) in [4.78, 5) is 2.31. The maximum Gasteiger partial charge on any atom is 0.130 e. The summed E-state index contributed by atoms with van der Waals surface area (Å²) in [6, 6.07) is 4.38. The molecule has 1 aromatic rings. The smallest absolute Gasteiger partial charge is 0.130 e. The van der Waals surface area contributed by atoms with E-state index in [0.717, 1.165) is 19.0 Å². The number of nitrogens with zero attached hydrogens (tertiary/aromatic N) is 1. The van der Waals surface area contributed by atoms with Crippen LogP contribution in [-0.4, -0.2) is 17.5 Å². The summed E-state index contributed by atoms with van der Waals surface area (Å²) in [7, 11) is 0. The first-order valence-electron chi connectivity index (χ1n) is 6.29. The zero-order chi connectivity index (χ0) is 12.4. The van der Waals surface area contributed by atoms with Crippen LogP contribution < -0.4 is 0 Å². The van der Waals surface area contributed by atoms with Crippen molar-refractivity contribution < 1.29 is 8.78 Å². The van der Waals surface area contributed by atoms with Gasteiger partial charge in [0.25, 0.3) is 0 Å². The maximum absolute atomic E-state index is 13.6. The van der Waals surface area contributed by atoms with Gasteiger partial charge in [-0.25, -0.2) is 8.78 Å². The number of hydrogen-bond acceptors (Lipinski definition) is 1. The average Bonchev–Trinajstić information content (AvgIpc) is 2.63. The van der Waals surface area contributed by atoms with Crippen LogP contribution >= 0.6 is 0 Å². The summed E-state index contributed by atoms with van der Waals surface area (Å²) in [5.74, 6) is -0.268. The highest BCUT2D eigenvalue weighted by Gasteiger charge is 2.29. The topological polar surface area (TPSA) is 3.24 Å². The van der Waals surface area contributed by atoms with Crippen molar-refractivity contribution in [2.75, 3.05) is 6.54 Å². The summed E-state index contributed by atoms with van der Waals surface area (Å²) in [6.45, 7) is 6.02. The largest absolute Gasteiger partial charge is 0.296 e. The lowest BCUT2D eigenvalue weighted by atomic mass is 10.0. The Morgan fingerprint density at radius 2 is 2.12 bits per heavy atom. The minimum absolute atomic E-state index is 0.431. The van der Waals surface area contributed by atoms with Crippen molar-refractivity contribution in [3.63, 3.8) is 0 Å². The van der Waals surface area contributed by atoms with Gasteiger partial charge < -0.3 is 0 Å². The third-order valence-corrected chi connectivity index (χ3v) is 3.80. The third-order valence-electron chi connectivity index (χ3n) is 3.80. The average molecular weight is 239 g/mol. The summed E-state index contributed by atoms with van der Waals surface area (Å²) in [5.41, 5.74) is 0.596. The molecule has 0 aromatic heterocycles. The van der Waals surface area contributed by atoms with Gasteiger partial charge in [0.1, 0.15) is 11.6 Å². The summed E-state index contributed by atoms with van der Waals surface area (Å²) in [6.07, 6.45) is 2.26. The van der Waals surface area contributed by atoms with E-state index in [2.05, 4.69) is 18.7 Å². The highest BCUT2D eigenvalue weighted by Crippen LogP contribution is 2.28. The third kappa shape index (κ3) is 2.65. The molecule has 0 radical (unpaired) electrons. The zero-order valence-electron chi connectivity index (χ0n) is 10.4. The molecule has 0 bridgehead atoms. The molecule has 2 atom stereocenters. The normalized spacial score (nSPS) is 25.4. The van der Waals surface area contributed by atoms with E-state index in [1.165, 1.54) is 12.5 Å². The molecule has 1 heterocycles. The fraction of sp³-hybridized carbons (Fsp3) is 0.571. The van der Waals surface area contributed by atoms with E-state index in [1.54, 1.807) is 6.07 Å². The van der Waals surface area contributed by atoms with Crippen molar-refractivity contribution in [2.24, 2.45) is 5.92 Å². The predicted molar refractivity (Wildman–Crippen MR) is 64.6 cm³/mol. The van der Waals surface area contributed by atoms with Gasteiger partial charge in [0, 0.05) is 24.2 Å². The van der Waals surface area contributed by atoms with E-state index in [0.29, 0.717) is 24.1 Å². The van der Waals surface area contributed by atoms with Crippen LogP contribution in [0.15, 0.2) is 18.2 Å². The van der Waals surface area contributed by atoms with Crippen molar-refractivity contribution in [3.05, 3.63) is 35.4 Å². The van der Waals surface area contributed by atoms with Gasteiger partial charge in [-0.2, -0.15) is 0 Å². The Balaban J connectivity index is 2.10. The van der Waals surface area contributed by atoms with Gasteiger partial charge in [-0.1, -0.05) is 19.9 Å². The predicted octanol–water partition coefficient (Wildman–Crippen LogP) is 3.59. The van der Waals surface area contributed by atoms with E-state index in [-0.39, 0.29) is 0 Å². The molecule has 0 saturated carbocycles. The first-order chi connectivity index (χ1) is 8.11. The minimum Gasteiger partial charge on any atom is -0.296 e. The Hall–Kier alpha value is -0.960. The Bertz CT molecular complexity index is 392. The van der Waals surface area contributed by atoms with Crippen molar-refractivity contribution in [2.45, 2.75) is 39.3 Å². The Kier molecular flexibility index (Phi) is 3.77. The van der Waals surface area contributed by atoms with Crippen molar-refractivity contribution in [3.8, 4) is 0 Å². The Morgan fingerprint density at radius 1 is 1.35 bits per heavy atom. The molecule has 1 nitrogen and oxygen atoms in total. The van der Waals surface area contributed by atoms with E-state index in [4.69, 9.17) is 0 Å². The number of rotatable bonds is 3. The Labute approximate surface area is 101 Å². The molecule has 0 spiro atoms. The van der Waals surface area contributed by atoms with Gasteiger partial charge in [-0.05, 0) is 31.4 Å². The number of hydrogen-bond donors (Lipinski definition) is 0. The molecule has 0 N–H and O–H groups in total. The van der Waals surface area contributed by atoms with Crippen LogP contribution in [0.4, 0.5) is 8.78 Å². The second kappa shape index (κ2) is 5.13. The molecule has 0 amide bonds. The van der Waals surface area contributed by atoms with E-state index in [9.17, 15) is 8.78 Å². The summed E-state index contributed by atoms with van der Waals surface area (Å²) >= 11 is 0. The van der Waals surface area contributed by atoms with Crippen LogP contribution in [0.2, 0.25) is 0 Å². The molecule has 0 aliphatic carbocycles. The zero-order valence-corrected chi connectivity index (χ0v) is 10.4. The van der Waals surface area contributed by atoms with Gasteiger partial charge in [-0.3, -0.25) is 4.90 Å². The van der Waals surface area contributed by atoms with Crippen LogP contribution in [-0.2, 0) is 6.54 Å². The molecule has 3 heteroatoms. The summed E-state index contributed by atoms with van der Waals surface area (Å²) in [5, 5.41) is 0. The van der Waals surface area contributed by atoms with Gasteiger partial charge in [0.05, 0.1) is 0 Å². The van der Waals surface area contributed by atoms with Crippen molar-refractivity contribution in [1.29, 1.82) is 0 Å². The minimum atomic E-state index is -0.506. The standard InChI is InChI=1S/C14H19F2N/c1-3-14-10(2)6-7-17(14)9-11-4-5-12(15)8-13(11)16/h4-5,8,10,14H,3,6-7,9H2,1-2H3/t10-,14+/m1/s1. The molecular weight excluding hydrogens is 220 g/mol. The van der Waals surface area contributed by atoms with Crippen LogP contribution in [0.5, 0.6) is 0 Å². The highest BCUT2D eigenvalue weighted by atomic mass is 19.1. The number of halogens is 2. The molecule has 2 rings (SSSR count). The van der Waals surface area contributed by atoms with Gasteiger partial charge in [0.2, 0.25) is 0 Å². The second-order valence-corrected chi connectivity index (χ2v) is 4.95. The molecule has 1 saturated heterocycles. The molecule has 17 heavy (non-hydrogen) atoms. The number of likely N-dealkylation sites (tertiary alicyclic amines) is 1. The van der Waals surface area contributed by atoms with Crippen LogP contribution in [0.25, 0.3) is 0 Å². The van der Waals surface area contributed by atoms with Gasteiger partial charge in [0.15, 0.2) is 0 Å². The van der Waals surface area contributed by atoms with Crippen molar-refractivity contribution >= 4 is 0 Å². The molecular formula is C14H19F2N. The lowest BCUT2D eigenvalue weighted by molar-refractivity contribution is 0.214. The summed E-state index contributed by atoms with van der Waals surface area (Å²) < 4.78 is 26.4. The lowest BCUT2D eigenvalue weighted by Crippen LogP contribution is -2.31. The van der Waals surface area contributed by atoms with Crippen LogP contribution in [0, 0.1) is 17.6 Å². The fourth-order valence-electron chi connectivity index (χ4n) is 2.81. The van der Waals surface area contributed by atoms with Crippen molar-refractivity contribution in [1.82, 2.24) is 4.90 Å². The monoisotopic (exact) mass is 239 g/mol. The molecule has 1 aromatic carbocycles. The van der Waals surface area contributed by atoms with E-state index in [1.807, 2.05) is 0 Å². The fourth-order valence-corrected chi connectivity index (χ4v) is 2.81. The number of benzene rings is 1. The Morgan fingerprint density at radius 3 is 2.76 bits per heavy atom. The van der Waals surface area contributed by atoms with Crippen LogP contribution in [0.3, 0.4) is 0 Å².